The molecule has 1 amide bonds. The maximum Gasteiger partial charge on any atom is 0.327 e. The second-order valence-corrected chi connectivity index (χ2v) is 5.49. The molecule has 2 aromatic rings. The zero-order valence-electron chi connectivity index (χ0n) is 13.9. The van der Waals surface area contributed by atoms with E-state index < -0.39 is 12.0 Å². The number of ether oxygens (including phenoxy) is 2. The van der Waals surface area contributed by atoms with Crippen LogP contribution in [-0.4, -0.2) is 32.6 Å². The molecule has 0 aliphatic rings. The molecule has 0 radical (unpaired) electrons. The summed E-state index contributed by atoms with van der Waals surface area (Å²) in [7, 11) is 2.78. The van der Waals surface area contributed by atoms with Gasteiger partial charge < -0.3 is 19.2 Å². The van der Waals surface area contributed by atoms with Crippen molar-refractivity contribution < 1.29 is 23.5 Å². The van der Waals surface area contributed by atoms with Crippen LogP contribution in [0.5, 0.6) is 5.75 Å². The van der Waals surface area contributed by atoms with Crippen molar-refractivity contribution in [2.24, 2.45) is 0 Å². The second-order valence-electron chi connectivity index (χ2n) is 5.09. The molecule has 7 nitrogen and oxygen atoms in total. The Morgan fingerprint density at radius 3 is 2.68 bits per heavy atom. The van der Waals surface area contributed by atoms with Crippen LogP contribution in [0.4, 0.5) is 0 Å². The van der Waals surface area contributed by atoms with E-state index in [1.54, 1.807) is 30.3 Å². The number of carbonyl (C=O) groups is 2. The third-order valence-electron chi connectivity index (χ3n) is 3.45. The number of rotatable bonds is 8. The molecule has 1 aromatic heterocycles. The lowest BCUT2D eigenvalue weighted by atomic mass is 10.1. The maximum atomic E-state index is 12.0. The Balaban J connectivity index is 1.99. The molecule has 1 aromatic carbocycles. The average molecular weight is 367 g/mol. The van der Waals surface area contributed by atoms with Crippen molar-refractivity contribution in [2.75, 3.05) is 20.8 Å². The number of halogens is 1. The number of benzene rings is 1. The van der Waals surface area contributed by atoms with Crippen LogP contribution in [0.15, 0.2) is 41.0 Å². The summed E-state index contributed by atoms with van der Waals surface area (Å²) in [4.78, 5) is 24.0. The summed E-state index contributed by atoms with van der Waals surface area (Å²) in [5.41, 5.74) is 0.566. The van der Waals surface area contributed by atoms with E-state index in [0.717, 1.165) is 0 Å². The highest BCUT2D eigenvalue weighted by Crippen LogP contribution is 2.28. The Morgan fingerprint density at radius 2 is 2.08 bits per heavy atom. The van der Waals surface area contributed by atoms with Crippen molar-refractivity contribution in [3.8, 4) is 5.75 Å². The van der Waals surface area contributed by atoms with Gasteiger partial charge in [0.2, 0.25) is 5.91 Å². The lowest BCUT2D eigenvalue weighted by molar-refractivity contribution is -0.143. The molecule has 134 valence electrons. The number of carbonyl (C=O) groups excluding carboxylic acids is 2. The van der Waals surface area contributed by atoms with E-state index in [4.69, 9.17) is 25.5 Å². The normalized spacial score (nSPS) is 11.6. The van der Waals surface area contributed by atoms with Crippen molar-refractivity contribution in [3.63, 3.8) is 0 Å². The summed E-state index contributed by atoms with van der Waals surface area (Å²) >= 11 is 6.10. The van der Waals surface area contributed by atoms with Crippen LogP contribution in [0.25, 0.3) is 0 Å². The molecule has 0 aliphatic carbocycles. The van der Waals surface area contributed by atoms with Gasteiger partial charge in [0.1, 0.15) is 17.6 Å². The molecule has 0 spiro atoms. The molecule has 2 N–H and O–H groups in total. The first-order valence-corrected chi connectivity index (χ1v) is 7.86. The van der Waals surface area contributed by atoms with Gasteiger partial charge in [0.05, 0.1) is 38.6 Å². The number of hydrogen-bond donors (Lipinski definition) is 2. The molecule has 0 bridgehead atoms. The van der Waals surface area contributed by atoms with Crippen molar-refractivity contribution in [2.45, 2.75) is 12.6 Å². The first-order chi connectivity index (χ1) is 12.0. The summed E-state index contributed by atoms with van der Waals surface area (Å²) in [5.74, 6) is 0.315. The minimum absolute atomic E-state index is 0.0792. The molecule has 25 heavy (non-hydrogen) atoms. The molecule has 0 aliphatic heterocycles. The highest BCUT2D eigenvalue weighted by atomic mass is 35.5. The lowest BCUT2D eigenvalue weighted by Crippen LogP contribution is -2.38. The van der Waals surface area contributed by atoms with Gasteiger partial charge >= 0.3 is 5.97 Å². The fourth-order valence-electron chi connectivity index (χ4n) is 2.17. The highest BCUT2D eigenvalue weighted by molar-refractivity contribution is 6.32. The van der Waals surface area contributed by atoms with Gasteiger partial charge in [0.15, 0.2) is 0 Å². The van der Waals surface area contributed by atoms with Crippen LogP contribution in [0.1, 0.15) is 17.4 Å². The predicted octanol–water partition coefficient (Wildman–Crippen LogP) is 2.06. The van der Waals surface area contributed by atoms with Crippen LogP contribution in [-0.2, 0) is 20.9 Å². The molecular weight excluding hydrogens is 348 g/mol. The van der Waals surface area contributed by atoms with Gasteiger partial charge in [-0.2, -0.15) is 0 Å². The Labute approximate surface area is 150 Å². The standard InChI is InChI=1S/C17H19ClN2O5/c1-23-14-6-5-11(8-13(14)18)16(17(22)24-2)20-10-15(21)19-9-12-4-3-7-25-12/h3-8,16,20H,9-10H2,1-2H3,(H,19,21)/t16-/m0/s1. The van der Waals surface area contributed by atoms with E-state index >= 15 is 0 Å². The SMILES string of the molecule is COC(=O)[C@@H](NCC(=O)NCc1ccco1)c1ccc(OC)c(Cl)c1. The summed E-state index contributed by atoms with van der Waals surface area (Å²) in [6.07, 6.45) is 1.53. The third kappa shape index (κ3) is 5.23. The van der Waals surface area contributed by atoms with Crippen LogP contribution < -0.4 is 15.4 Å². The number of amides is 1. The Hall–Kier alpha value is -2.51. The summed E-state index contributed by atoms with van der Waals surface area (Å²) in [5, 5.41) is 5.91. The number of methoxy groups -OCH3 is 2. The molecule has 0 unspecified atom stereocenters. The number of hydrogen-bond acceptors (Lipinski definition) is 6. The van der Waals surface area contributed by atoms with Gasteiger partial charge in [0, 0.05) is 0 Å². The highest BCUT2D eigenvalue weighted by Gasteiger charge is 2.23. The minimum Gasteiger partial charge on any atom is -0.495 e. The molecule has 1 atom stereocenters. The molecule has 0 saturated carbocycles. The number of esters is 1. The van der Waals surface area contributed by atoms with E-state index in [2.05, 4.69) is 10.6 Å². The van der Waals surface area contributed by atoms with E-state index in [9.17, 15) is 9.59 Å². The van der Waals surface area contributed by atoms with Crippen molar-refractivity contribution in [1.29, 1.82) is 0 Å². The van der Waals surface area contributed by atoms with E-state index in [1.807, 2.05) is 0 Å². The number of furan rings is 1. The molecule has 1 heterocycles. The molecule has 0 fully saturated rings. The Bertz CT molecular complexity index is 718. The third-order valence-corrected chi connectivity index (χ3v) is 3.75. The van der Waals surface area contributed by atoms with Gasteiger partial charge in [-0.1, -0.05) is 17.7 Å². The van der Waals surface area contributed by atoms with Crippen molar-refractivity contribution in [3.05, 3.63) is 52.9 Å². The monoisotopic (exact) mass is 366 g/mol. The predicted molar refractivity (Wildman–Crippen MR) is 91.3 cm³/mol. The smallest absolute Gasteiger partial charge is 0.327 e. The summed E-state index contributed by atoms with van der Waals surface area (Å²) in [6, 6.07) is 7.58. The van der Waals surface area contributed by atoms with E-state index in [1.165, 1.54) is 20.5 Å². The molecule has 8 heteroatoms. The molecular formula is C17H19ClN2O5. The number of nitrogens with one attached hydrogen (secondary N) is 2. The van der Waals surface area contributed by atoms with E-state index in [0.29, 0.717) is 22.1 Å². The first kappa shape index (κ1) is 18.8. The van der Waals surface area contributed by atoms with Crippen LogP contribution in [0.2, 0.25) is 5.02 Å². The largest absolute Gasteiger partial charge is 0.495 e. The summed E-state index contributed by atoms with van der Waals surface area (Å²) in [6.45, 7) is 0.189. The molecule has 2 rings (SSSR count). The second kappa shape index (κ2) is 9.10. The maximum absolute atomic E-state index is 12.0. The van der Waals surface area contributed by atoms with Gasteiger partial charge in [-0.05, 0) is 29.8 Å². The zero-order valence-corrected chi connectivity index (χ0v) is 14.6. The Morgan fingerprint density at radius 1 is 1.28 bits per heavy atom. The van der Waals surface area contributed by atoms with Gasteiger partial charge in [0.25, 0.3) is 0 Å². The minimum atomic E-state index is -0.831. The summed E-state index contributed by atoms with van der Waals surface area (Å²) < 4.78 is 15.0. The quantitative estimate of drug-likeness (QED) is 0.695. The fraction of sp³-hybridized carbons (Fsp3) is 0.294. The van der Waals surface area contributed by atoms with Crippen LogP contribution in [0.3, 0.4) is 0 Å². The topological polar surface area (TPSA) is 89.8 Å². The van der Waals surface area contributed by atoms with E-state index in [-0.39, 0.29) is 19.0 Å². The van der Waals surface area contributed by atoms with Gasteiger partial charge in [-0.15, -0.1) is 0 Å². The first-order valence-electron chi connectivity index (χ1n) is 7.49. The van der Waals surface area contributed by atoms with Gasteiger partial charge in [-0.25, -0.2) is 4.79 Å². The van der Waals surface area contributed by atoms with Crippen molar-refractivity contribution >= 4 is 23.5 Å². The van der Waals surface area contributed by atoms with Crippen LogP contribution in [0, 0.1) is 0 Å². The fourth-order valence-corrected chi connectivity index (χ4v) is 2.44. The zero-order chi connectivity index (χ0) is 18.2. The Kier molecular flexibility index (Phi) is 6.85. The van der Waals surface area contributed by atoms with Crippen LogP contribution >= 0.6 is 11.6 Å². The average Bonchev–Trinajstić information content (AvgIpc) is 3.13. The molecule has 0 saturated heterocycles. The van der Waals surface area contributed by atoms with Gasteiger partial charge in [-0.3, -0.25) is 10.1 Å². The van der Waals surface area contributed by atoms with Crippen molar-refractivity contribution in [1.82, 2.24) is 10.6 Å². The lowest BCUT2D eigenvalue weighted by Gasteiger charge is -2.17.